The molecule has 0 bridgehead atoms. The van der Waals surface area contributed by atoms with Crippen LogP contribution in [0, 0.1) is 0 Å². The van der Waals surface area contributed by atoms with Crippen molar-refractivity contribution in [2.75, 3.05) is 44.0 Å². The third-order valence-electron chi connectivity index (χ3n) is 3.00. The minimum Gasteiger partial charge on any atom is -0.491 e. The number of hydrogen-bond donors (Lipinski definition) is 1. The van der Waals surface area contributed by atoms with Gasteiger partial charge in [0.2, 0.25) is 0 Å². The monoisotopic (exact) mass is 236 g/mol. The van der Waals surface area contributed by atoms with Gasteiger partial charge in [0.25, 0.3) is 0 Å². The minimum atomic E-state index is 0.569. The number of benzene rings is 1. The van der Waals surface area contributed by atoms with Gasteiger partial charge >= 0.3 is 0 Å². The molecule has 0 radical (unpaired) electrons. The molecule has 1 heterocycles. The molecule has 0 aromatic heterocycles. The van der Waals surface area contributed by atoms with Crippen LogP contribution in [-0.4, -0.2) is 33.4 Å². The molecule has 4 heteroatoms. The van der Waals surface area contributed by atoms with Crippen molar-refractivity contribution in [3.63, 3.8) is 0 Å². The number of nitrogens with two attached hydrogens (primary N) is 1. The summed E-state index contributed by atoms with van der Waals surface area (Å²) in [6.45, 7) is 3.35. The first-order valence-electron chi connectivity index (χ1n) is 6.07. The average Bonchev–Trinajstić information content (AvgIpc) is 2.85. The van der Waals surface area contributed by atoms with Crippen molar-refractivity contribution >= 4 is 11.4 Å². The first-order valence-corrected chi connectivity index (χ1v) is 6.07. The molecule has 1 aromatic carbocycles. The van der Waals surface area contributed by atoms with E-state index in [-0.39, 0.29) is 0 Å². The fourth-order valence-corrected chi connectivity index (χ4v) is 2.09. The van der Waals surface area contributed by atoms with Crippen molar-refractivity contribution in [3.05, 3.63) is 18.2 Å². The maximum Gasteiger partial charge on any atom is 0.121 e. The number of methoxy groups -OCH3 is 1. The van der Waals surface area contributed by atoms with E-state index < -0.39 is 0 Å². The molecular formula is C13H20N2O2. The second-order valence-corrected chi connectivity index (χ2v) is 4.26. The lowest BCUT2D eigenvalue weighted by atomic mass is 10.2. The molecule has 2 rings (SSSR count). The Hall–Kier alpha value is -1.42. The highest BCUT2D eigenvalue weighted by atomic mass is 16.5. The highest BCUT2D eigenvalue weighted by Gasteiger charge is 2.15. The molecule has 0 saturated carbocycles. The van der Waals surface area contributed by atoms with Crippen LogP contribution >= 0.6 is 0 Å². The van der Waals surface area contributed by atoms with Gasteiger partial charge in [0.1, 0.15) is 12.4 Å². The SMILES string of the molecule is COCCOc1ccc(N)c(N2CCCC2)c1. The predicted octanol–water partition coefficient (Wildman–Crippen LogP) is 1.89. The maximum atomic E-state index is 6.00. The van der Waals surface area contributed by atoms with Crippen molar-refractivity contribution in [2.24, 2.45) is 0 Å². The molecule has 0 amide bonds. The third-order valence-corrected chi connectivity index (χ3v) is 3.00. The zero-order valence-corrected chi connectivity index (χ0v) is 10.3. The Labute approximate surface area is 102 Å². The fraction of sp³-hybridized carbons (Fsp3) is 0.538. The molecule has 17 heavy (non-hydrogen) atoms. The highest BCUT2D eigenvalue weighted by molar-refractivity contribution is 5.70. The molecule has 4 nitrogen and oxygen atoms in total. The van der Waals surface area contributed by atoms with Crippen molar-refractivity contribution in [3.8, 4) is 5.75 Å². The normalized spacial score (nSPS) is 15.2. The zero-order chi connectivity index (χ0) is 12.1. The van der Waals surface area contributed by atoms with Gasteiger partial charge in [-0.1, -0.05) is 0 Å². The molecule has 0 unspecified atom stereocenters. The van der Waals surface area contributed by atoms with E-state index in [1.165, 1.54) is 12.8 Å². The van der Waals surface area contributed by atoms with E-state index in [1.807, 2.05) is 18.2 Å². The van der Waals surface area contributed by atoms with E-state index in [0.29, 0.717) is 13.2 Å². The van der Waals surface area contributed by atoms with Crippen LogP contribution in [0.25, 0.3) is 0 Å². The minimum absolute atomic E-state index is 0.569. The lowest BCUT2D eigenvalue weighted by Crippen LogP contribution is -2.19. The van der Waals surface area contributed by atoms with Gasteiger partial charge in [0, 0.05) is 26.3 Å². The first-order chi connectivity index (χ1) is 8.31. The molecule has 0 aliphatic carbocycles. The summed E-state index contributed by atoms with van der Waals surface area (Å²) in [6.07, 6.45) is 2.49. The predicted molar refractivity (Wildman–Crippen MR) is 69.7 cm³/mol. The molecule has 1 fully saturated rings. The molecule has 0 atom stereocenters. The number of nitrogens with zero attached hydrogens (tertiary/aromatic N) is 1. The van der Waals surface area contributed by atoms with Gasteiger partial charge in [-0.25, -0.2) is 0 Å². The number of nitrogen functional groups attached to an aromatic ring is 1. The average molecular weight is 236 g/mol. The standard InChI is InChI=1S/C13H20N2O2/c1-16-8-9-17-11-4-5-12(14)13(10-11)15-6-2-3-7-15/h4-5,10H,2-3,6-9,14H2,1H3. The lowest BCUT2D eigenvalue weighted by molar-refractivity contribution is 0.146. The summed E-state index contributed by atoms with van der Waals surface area (Å²) in [6, 6.07) is 5.84. The molecule has 1 aliphatic rings. The number of rotatable bonds is 5. The quantitative estimate of drug-likeness (QED) is 0.626. The largest absolute Gasteiger partial charge is 0.491 e. The van der Waals surface area contributed by atoms with Crippen LogP contribution in [0.3, 0.4) is 0 Å². The van der Waals surface area contributed by atoms with Crippen LogP contribution in [0.5, 0.6) is 5.75 Å². The van der Waals surface area contributed by atoms with Crippen LogP contribution in [-0.2, 0) is 4.74 Å². The summed E-state index contributed by atoms with van der Waals surface area (Å²) in [4.78, 5) is 2.32. The first kappa shape index (κ1) is 12.0. The molecule has 2 N–H and O–H groups in total. The van der Waals surface area contributed by atoms with Crippen LogP contribution in [0.2, 0.25) is 0 Å². The van der Waals surface area contributed by atoms with E-state index >= 15 is 0 Å². The van der Waals surface area contributed by atoms with E-state index in [2.05, 4.69) is 4.90 Å². The van der Waals surface area contributed by atoms with Gasteiger partial charge < -0.3 is 20.1 Å². The molecule has 94 valence electrons. The van der Waals surface area contributed by atoms with Crippen LogP contribution < -0.4 is 15.4 Å². The van der Waals surface area contributed by atoms with Gasteiger partial charge in [-0.05, 0) is 25.0 Å². The van der Waals surface area contributed by atoms with Gasteiger partial charge in [-0.15, -0.1) is 0 Å². The molecule has 1 aromatic rings. The summed E-state index contributed by atoms with van der Waals surface area (Å²) in [5.74, 6) is 0.859. The zero-order valence-electron chi connectivity index (χ0n) is 10.3. The smallest absolute Gasteiger partial charge is 0.121 e. The molecule has 1 saturated heterocycles. The Morgan fingerprint density at radius 2 is 2.00 bits per heavy atom. The summed E-state index contributed by atoms with van der Waals surface area (Å²) in [5, 5.41) is 0. The summed E-state index contributed by atoms with van der Waals surface area (Å²) in [5.41, 5.74) is 7.92. The van der Waals surface area contributed by atoms with E-state index in [0.717, 1.165) is 30.2 Å². The number of hydrogen-bond acceptors (Lipinski definition) is 4. The van der Waals surface area contributed by atoms with Crippen molar-refractivity contribution in [1.82, 2.24) is 0 Å². The maximum absolute atomic E-state index is 6.00. The lowest BCUT2D eigenvalue weighted by Gasteiger charge is -2.20. The Kier molecular flexibility index (Phi) is 4.09. The van der Waals surface area contributed by atoms with E-state index in [1.54, 1.807) is 7.11 Å². The van der Waals surface area contributed by atoms with Gasteiger partial charge in [0.05, 0.1) is 18.0 Å². The molecule has 1 aliphatic heterocycles. The van der Waals surface area contributed by atoms with Crippen molar-refractivity contribution in [2.45, 2.75) is 12.8 Å². The van der Waals surface area contributed by atoms with E-state index in [9.17, 15) is 0 Å². The Balaban J connectivity index is 2.06. The highest BCUT2D eigenvalue weighted by Crippen LogP contribution is 2.30. The molecular weight excluding hydrogens is 216 g/mol. The second kappa shape index (κ2) is 5.77. The number of anilines is 2. The number of ether oxygens (including phenoxy) is 2. The van der Waals surface area contributed by atoms with Gasteiger partial charge in [0.15, 0.2) is 0 Å². The summed E-state index contributed by atoms with van der Waals surface area (Å²) >= 11 is 0. The Bertz CT molecular complexity index is 362. The Morgan fingerprint density at radius 3 is 2.71 bits per heavy atom. The van der Waals surface area contributed by atoms with Gasteiger partial charge in [-0.3, -0.25) is 0 Å². The second-order valence-electron chi connectivity index (χ2n) is 4.26. The van der Waals surface area contributed by atoms with Gasteiger partial charge in [-0.2, -0.15) is 0 Å². The van der Waals surface area contributed by atoms with Crippen LogP contribution in [0.4, 0.5) is 11.4 Å². The topological polar surface area (TPSA) is 47.7 Å². The summed E-state index contributed by atoms with van der Waals surface area (Å²) < 4.78 is 10.6. The van der Waals surface area contributed by atoms with E-state index in [4.69, 9.17) is 15.2 Å². The van der Waals surface area contributed by atoms with Crippen molar-refractivity contribution in [1.29, 1.82) is 0 Å². The fourth-order valence-electron chi connectivity index (χ4n) is 2.09. The van der Waals surface area contributed by atoms with Crippen LogP contribution in [0.15, 0.2) is 18.2 Å². The van der Waals surface area contributed by atoms with Crippen LogP contribution in [0.1, 0.15) is 12.8 Å². The third kappa shape index (κ3) is 3.03. The molecule has 0 spiro atoms. The Morgan fingerprint density at radius 1 is 1.24 bits per heavy atom. The van der Waals surface area contributed by atoms with Crippen molar-refractivity contribution < 1.29 is 9.47 Å². The summed E-state index contributed by atoms with van der Waals surface area (Å²) in [7, 11) is 1.67.